The Balaban J connectivity index is 1.40. The number of rotatable bonds is 4. The van der Waals surface area contributed by atoms with Crippen LogP contribution < -0.4 is 24.0 Å². The molecular weight excluding hydrogens is 384 g/mol. The molecule has 2 aromatic rings. The number of nitrogens with one attached hydrogen (secondary N) is 2. The fraction of sp³-hybridized carbons (Fsp3) is 0.348. The lowest BCUT2D eigenvalue weighted by Crippen LogP contribution is -3.27. The number of aromatic hydroxyl groups is 1. The molecule has 0 saturated carbocycles. The Bertz CT molecular complexity index is 1020. The molecule has 5 rings (SSSR count). The Labute approximate surface area is 175 Å². The van der Waals surface area contributed by atoms with Gasteiger partial charge < -0.3 is 29.1 Å². The fourth-order valence-corrected chi connectivity index (χ4v) is 4.36. The number of likely N-dealkylation sites (N-methyl/N-ethyl adjacent to an activating group) is 1. The Kier molecular flexibility index (Phi) is 4.84. The van der Waals surface area contributed by atoms with E-state index in [0.717, 1.165) is 38.3 Å². The average Bonchev–Trinajstić information content (AvgIpc) is 3.35. The third-order valence-corrected chi connectivity index (χ3v) is 6.20. The summed E-state index contributed by atoms with van der Waals surface area (Å²) in [7, 11) is 0. The van der Waals surface area contributed by atoms with Gasteiger partial charge in [-0.2, -0.15) is 0 Å². The van der Waals surface area contributed by atoms with E-state index < -0.39 is 0 Å². The van der Waals surface area contributed by atoms with Gasteiger partial charge in [0.2, 0.25) is 12.6 Å². The van der Waals surface area contributed by atoms with Gasteiger partial charge in [0.05, 0.1) is 17.7 Å². The zero-order valence-electron chi connectivity index (χ0n) is 17.0. The van der Waals surface area contributed by atoms with Crippen LogP contribution in [0.2, 0.25) is 0 Å². The molecule has 0 spiro atoms. The molecule has 0 bridgehead atoms. The van der Waals surface area contributed by atoms with Gasteiger partial charge in [0.25, 0.3) is 0 Å². The van der Waals surface area contributed by atoms with Crippen molar-refractivity contribution in [3.63, 3.8) is 0 Å². The summed E-state index contributed by atoms with van der Waals surface area (Å²) in [6, 6.07) is 8.75. The Morgan fingerprint density at radius 3 is 2.60 bits per heavy atom. The number of allylic oxidation sites excluding steroid dienone is 1. The maximum absolute atomic E-state index is 12.9. The first-order valence-corrected chi connectivity index (χ1v) is 10.5. The number of piperazine rings is 1. The number of benzene rings is 2. The van der Waals surface area contributed by atoms with Gasteiger partial charge in [-0.15, -0.1) is 0 Å². The van der Waals surface area contributed by atoms with Gasteiger partial charge in [0, 0.05) is 0 Å². The second kappa shape index (κ2) is 7.66. The van der Waals surface area contributed by atoms with E-state index in [0.29, 0.717) is 34.9 Å². The molecule has 0 radical (unpaired) electrons. The number of Topliss-reactive ketones (excluding diaryl/α,β-unsaturated/α-hetero) is 1. The Morgan fingerprint density at radius 2 is 1.80 bits per heavy atom. The molecule has 3 N–H and O–H groups in total. The summed E-state index contributed by atoms with van der Waals surface area (Å²) in [5.41, 5.74) is 2.02. The lowest BCUT2D eigenvalue weighted by molar-refractivity contribution is -1.02. The van der Waals surface area contributed by atoms with E-state index >= 15 is 0 Å². The van der Waals surface area contributed by atoms with E-state index in [4.69, 9.17) is 14.2 Å². The molecule has 3 aliphatic rings. The van der Waals surface area contributed by atoms with Crippen LogP contribution in [0.25, 0.3) is 6.08 Å². The molecule has 0 aliphatic carbocycles. The van der Waals surface area contributed by atoms with E-state index in [2.05, 4.69) is 6.92 Å². The highest BCUT2D eigenvalue weighted by Crippen LogP contribution is 2.40. The van der Waals surface area contributed by atoms with Crippen LogP contribution in [-0.2, 0) is 6.54 Å². The van der Waals surface area contributed by atoms with Gasteiger partial charge in [-0.25, -0.2) is 0 Å². The van der Waals surface area contributed by atoms with Gasteiger partial charge in [0.1, 0.15) is 38.5 Å². The molecule has 0 amide bonds. The predicted octanol–water partition coefficient (Wildman–Crippen LogP) is 0.0404. The number of phenolic OH excluding ortho intramolecular Hbond substituents is 1. The third kappa shape index (κ3) is 3.40. The van der Waals surface area contributed by atoms with Crippen LogP contribution in [0.15, 0.2) is 36.1 Å². The molecule has 7 heteroatoms. The molecule has 1 fully saturated rings. The van der Waals surface area contributed by atoms with Crippen molar-refractivity contribution in [2.45, 2.75) is 13.5 Å². The summed E-state index contributed by atoms with van der Waals surface area (Å²) in [6.07, 6.45) is 1.71. The number of quaternary nitrogens is 2. The minimum Gasteiger partial charge on any atom is -0.507 e. The van der Waals surface area contributed by atoms with E-state index in [1.165, 1.54) is 4.90 Å². The molecule has 156 valence electrons. The summed E-state index contributed by atoms with van der Waals surface area (Å²) in [6.45, 7) is 8.54. The molecule has 7 nitrogen and oxygen atoms in total. The van der Waals surface area contributed by atoms with Crippen LogP contribution in [0.4, 0.5) is 0 Å². The van der Waals surface area contributed by atoms with Crippen molar-refractivity contribution in [2.75, 3.05) is 39.5 Å². The minimum atomic E-state index is -0.167. The first kappa shape index (κ1) is 19.0. The minimum absolute atomic E-state index is 0.167. The first-order chi connectivity index (χ1) is 14.6. The molecule has 3 heterocycles. The van der Waals surface area contributed by atoms with Crippen LogP contribution in [0.5, 0.6) is 23.0 Å². The van der Waals surface area contributed by atoms with Crippen LogP contribution >= 0.6 is 0 Å². The molecular formula is C23H26N2O5+2. The van der Waals surface area contributed by atoms with Crippen molar-refractivity contribution in [1.82, 2.24) is 0 Å². The van der Waals surface area contributed by atoms with Gasteiger partial charge in [-0.1, -0.05) is 6.07 Å². The summed E-state index contributed by atoms with van der Waals surface area (Å²) in [4.78, 5) is 15.9. The zero-order chi connectivity index (χ0) is 20.7. The van der Waals surface area contributed by atoms with Crippen LogP contribution in [-0.4, -0.2) is 50.4 Å². The lowest BCUT2D eigenvalue weighted by atomic mass is 10.0. The van der Waals surface area contributed by atoms with Crippen molar-refractivity contribution in [3.05, 3.63) is 52.8 Å². The first-order valence-electron chi connectivity index (χ1n) is 10.5. The average molecular weight is 410 g/mol. The Morgan fingerprint density at radius 1 is 1.03 bits per heavy atom. The zero-order valence-corrected chi connectivity index (χ0v) is 17.0. The smallest absolute Gasteiger partial charge is 0.231 e. The maximum Gasteiger partial charge on any atom is 0.231 e. The second-order valence-electron chi connectivity index (χ2n) is 8.02. The summed E-state index contributed by atoms with van der Waals surface area (Å²) < 4.78 is 16.7. The predicted molar refractivity (Wildman–Crippen MR) is 109 cm³/mol. The number of ketones is 1. The topological polar surface area (TPSA) is 73.9 Å². The summed E-state index contributed by atoms with van der Waals surface area (Å²) in [5.74, 6) is 2.11. The number of ether oxygens (including phenoxy) is 3. The largest absolute Gasteiger partial charge is 0.507 e. The standard InChI is InChI=1S/C23H24N2O5/c1-2-24-7-9-25(10-8-24)13-17-18(26)5-4-16-22(27)21(30-23(16)17)12-15-3-6-19-20(11-15)29-14-28-19/h3-6,11-12,26H,2,7-10,13-14H2,1H3/p+2/b21-12+. The molecule has 1 saturated heterocycles. The number of carbonyl (C=O) groups excluding carboxylic acids is 1. The number of hydrogen-bond acceptors (Lipinski definition) is 5. The van der Waals surface area contributed by atoms with E-state index in [-0.39, 0.29) is 24.1 Å². The van der Waals surface area contributed by atoms with Crippen molar-refractivity contribution in [3.8, 4) is 23.0 Å². The summed E-state index contributed by atoms with van der Waals surface area (Å²) >= 11 is 0. The SMILES string of the molecule is CC[NH+]1CC[NH+](Cc2c(O)ccc3c2O/C(=C/c2ccc4c(c2)OCO4)C3=O)CC1. The van der Waals surface area contributed by atoms with Gasteiger partial charge >= 0.3 is 0 Å². The fourth-order valence-electron chi connectivity index (χ4n) is 4.36. The third-order valence-electron chi connectivity index (χ3n) is 6.20. The van der Waals surface area contributed by atoms with Crippen molar-refractivity contribution in [2.24, 2.45) is 0 Å². The Hall–Kier alpha value is -3.03. The number of phenols is 1. The normalized spacial score (nSPS) is 23.5. The molecule has 0 unspecified atom stereocenters. The molecule has 2 aromatic carbocycles. The van der Waals surface area contributed by atoms with Crippen molar-refractivity contribution >= 4 is 11.9 Å². The molecule has 3 aliphatic heterocycles. The number of hydrogen-bond donors (Lipinski definition) is 3. The molecule has 0 atom stereocenters. The monoisotopic (exact) mass is 410 g/mol. The molecule has 30 heavy (non-hydrogen) atoms. The second-order valence-corrected chi connectivity index (χ2v) is 8.02. The quantitative estimate of drug-likeness (QED) is 0.621. The summed E-state index contributed by atoms with van der Waals surface area (Å²) in [5, 5.41) is 10.5. The highest BCUT2D eigenvalue weighted by atomic mass is 16.7. The number of carbonyl (C=O) groups is 1. The highest BCUT2D eigenvalue weighted by Gasteiger charge is 2.33. The van der Waals surface area contributed by atoms with E-state index in [1.807, 2.05) is 18.2 Å². The van der Waals surface area contributed by atoms with Crippen molar-refractivity contribution < 1.29 is 33.9 Å². The highest BCUT2D eigenvalue weighted by molar-refractivity contribution is 6.15. The van der Waals surface area contributed by atoms with Crippen LogP contribution in [0.1, 0.15) is 28.4 Å². The van der Waals surface area contributed by atoms with Crippen molar-refractivity contribution in [1.29, 1.82) is 0 Å². The van der Waals surface area contributed by atoms with Gasteiger partial charge in [0.15, 0.2) is 23.0 Å². The number of fused-ring (bicyclic) bond motifs is 2. The van der Waals surface area contributed by atoms with E-state index in [9.17, 15) is 9.90 Å². The van der Waals surface area contributed by atoms with Gasteiger partial charge in [-0.3, -0.25) is 4.79 Å². The van der Waals surface area contributed by atoms with Crippen LogP contribution in [0, 0.1) is 0 Å². The van der Waals surface area contributed by atoms with Crippen LogP contribution in [0.3, 0.4) is 0 Å². The van der Waals surface area contributed by atoms with E-state index in [1.54, 1.807) is 23.1 Å². The lowest BCUT2D eigenvalue weighted by Gasteiger charge is -2.29. The molecule has 0 aromatic heterocycles. The maximum atomic E-state index is 12.9. The van der Waals surface area contributed by atoms with Gasteiger partial charge in [-0.05, 0) is 42.8 Å².